The maximum Gasteiger partial charge on any atom is 0.226 e. The van der Waals surface area contributed by atoms with Crippen molar-refractivity contribution in [2.24, 2.45) is 17.8 Å². The molecule has 96 valence electrons. The third kappa shape index (κ3) is 1.88. The first-order valence-electron chi connectivity index (χ1n) is 7.12. The van der Waals surface area contributed by atoms with Gasteiger partial charge in [-0.15, -0.1) is 0 Å². The molecular weight excluding hydrogens is 214 g/mol. The Labute approximate surface area is 104 Å². The van der Waals surface area contributed by atoms with E-state index in [2.05, 4.69) is 18.7 Å². The van der Waals surface area contributed by atoms with Gasteiger partial charge in [0.05, 0.1) is 18.8 Å². The summed E-state index contributed by atoms with van der Waals surface area (Å²) in [7, 11) is 0. The highest BCUT2D eigenvalue weighted by atomic mass is 16.5. The van der Waals surface area contributed by atoms with Gasteiger partial charge in [-0.2, -0.15) is 0 Å². The molecule has 1 aliphatic heterocycles. The standard InChI is InChI=1S/C14H23NO2/c1-9-10(2)17-8-7-15(9)14(16)13-11-5-3-4-6-12(11)13/h9-13H,3-8H2,1-2H3. The van der Waals surface area contributed by atoms with Gasteiger partial charge < -0.3 is 9.64 Å². The molecule has 1 heterocycles. The van der Waals surface area contributed by atoms with Crippen LogP contribution >= 0.6 is 0 Å². The van der Waals surface area contributed by atoms with Gasteiger partial charge in [0, 0.05) is 12.5 Å². The van der Waals surface area contributed by atoms with E-state index in [1.165, 1.54) is 25.7 Å². The molecule has 0 aromatic heterocycles. The van der Waals surface area contributed by atoms with E-state index in [0.717, 1.165) is 18.4 Å². The van der Waals surface area contributed by atoms with E-state index in [9.17, 15) is 4.79 Å². The summed E-state index contributed by atoms with van der Waals surface area (Å²) in [5, 5.41) is 0. The molecule has 0 spiro atoms. The van der Waals surface area contributed by atoms with Crippen molar-refractivity contribution < 1.29 is 9.53 Å². The van der Waals surface area contributed by atoms with Crippen LogP contribution in [0.4, 0.5) is 0 Å². The predicted molar refractivity (Wildman–Crippen MR) is 65.5 cm³/mol. The summed E-state index contributed by atoms with van der Waals surface area (Å²) in [6.07, 6.45) is 5.43. The zero-order chi connectivity index (χ0) is 12.0. The van der Waals surface area contributed by atoms with Gasteiger partial charge in [0.15, 0.2) is 0 Å². The molecule has 4 atom stereocenters. The molecule has 0 aromatic carbocycles. The smallest absolute Gasteiger partial charge is 0.226 e. The lowest BCUT2D eigenvalue weighted by atomic mass is 10.0. The predicted octanol–water partition coefficient (Wildman–Crippen LogP) is 2.06. The molecular formula is C14H23NO2. The zero-order valence-electron chi connectivity index (χ0n) is 10.9. The second-order valence-corrected chi connectivity index (χ2v) is 5.99. The minimum Gasteiger partial charge on any atom is -0.375 e. The largest absolute Gasteiger partial charge is 0.375 e. The second kappa shape index (κ2) is 4.27. The number of amides is 1. The number of carbonyl (C=O) groups excluding carboxylic acids is 1. The fraction of sp³-hybridized carbons (Fsp3) is 0.929. The maximum atomic E-state index is 12.6. The third-order valence-electron chi connectivity index (χ3n) is 5.11. The number of rotatable bonds is 1. The van der Waals surface area contributed by atoms with Crippen molar-refractivity contribution in [1.29, 1.82) is 0 Å². The number of fused-ring (bicyclic) bond motifs is 1. The molecule has 3 fully saturated rings. The number of hydrogen-bond acceptors (Lipinski definition) is 2. The Kier molecular flexibility index (Phi) is 2.89. The van der Waals surface area contributed by atoms with Crippen molar-refractivity contribution in [2.45, 2.75) is 51.7 Å². The Morgan fingerprint density at radius 1 is 1.18 bits per heavy atom. The molecule has 1 saturated heterocycles. The Bertz CT molecular complexity index is 305. The van der Waals surface area contributed by atoms with Crippen molar-refractivity contribution in [3.63, 3.8) is 0 Å². The van der Waals surface area contributed by atoms with Crippen LogP contribution in [-0.2, 0) is 9.53 Å². The van der Waals surface area contributed by atoms with Gasteiger partial charge >= 0.3 is 0 Å². The van der Waals surface area contributed by atoms with Crippen molar-refractivity contribution in [3.8, 4) is 0 Å². The van der Waals surface area contributed by atoms with Crippen molar-refractivity contribution in [1.82, 2.24) is 4.90 Å². The minimum absolute atomic E-state index is 0.188. The maximum absolute atomic E-state index is 12.6. The van der Waals surface area contributed by atoms with Gasteiger partial charge in [0.2, 0.25) is 5.91 Å². The van der Waals surface area contributed by atoms with Crippen LogP contribution in [0.5, 0.6) is 0 Å². The summed E-state index contributed by atoms with van der Waals surface area (Å²) in [6, 6.07) is 0.249. The molecule has 0 N–H and O–H groups in total. The molecule has 3 heteroatoms. The first-order valence-corrected chi connectivity index (χ1v) is 7.12. The normalized spacial score (nSPS) is 45.3. The number of ether oxygens (including phenoxy) is 1. The van der Waals surface area contributed by atoms with Gasteiger partial charge in [-0.05, 0) is 38.5 Å². The number of morpholine rings is 1. The van der Waals surface area contributed by atoms with Gasteiger partial charge in [0.1, 0.15) is 0 Å². The Morgan fingerprint density at radius 2 is 1.82 bits per heavy atom. The van der Waals surface area contributed by atoms with E-state index in [0.29, 0.717) is 18.4 Å². The minimum atomic E-state index is 0.188. The van der Waals surface area contributed by atoms with Crippen molar-refractivity contribution in [2.75, 3.05) is 13.2 Å². The molecule has 1 amide bonds. The van der Waals surface area contributed by atoms with E-state index in [-0.39, 0.29) is 12.1 Å². The summed E-state index contributed by atoms with van der Waals surface area (Å²) < 4.78 is 5.60. The van der Waals surface area contributed by atoms with Gasteiger partial charge in [0.25, 0.3) is 0 Å². The molecule has 4 unspecified atom stereocenters. The molecule has 0 radical (unpaired) electrons. The Hall–Kier alpha value is -0.570. The summed E-state index contributed by atoms with van der Waals surface area (Å²) >= 11 is 0. The number of nitrogens with zero attached hydrogens (tertiary/aromatic N) is 1. The molecule has 3 nitrogen and oxygen atoms in total. The fourth-order valence-electron chi connectivity index (χ4n) is 3.79. The molecule has 0 aromatic rings. The highest BCUT2D eigenvalue weighted by molar-refractivity contribution is 5.82. The van der Waals surface area contributed by atoms with Crippen molar-refractivity contribution >= 4 is 5.91 Å². The molecule has 3 rings (SSSR count). The van der Waals surface area contributed by atoms with Crippen molar-refractivity contribution in [3.05, 3.63) is 0 Å². The highest BCUT2D eigenvalue weighted by Gasteiger charge is 2.56. The van der Waals surface area contributed by atoms with E-state index >= 15 is 0 Å². The van der Waals surface area contributed by atoms with Crippen LogP contribution in [0.15, 0.2) is 0 Å². The van der Waals surface area contributed by atoms with Gasteiger partial charge in [-0.25, -0.2) is 0 Å². The summed E-state index contributed by atoms with van der Waals surface area (Å²) in [5.74, 6) is 2.23. The van der Waals surface area contributed by atoms with Crippen LogP contribution in [0.2, 0.25) is 0 Å². The average molecular weight is 237 g/mol. The van der Waals surface area contributed by atoms with Gasteiger partial charge in [-0.1, -0.05) is 12.8 Å². The lowest BCUT2D eigenvalue weighted by Crippen LogP contribution is -2.52. The Balaban J connectivity index is 1.66. The van der Waals surface area contributed by atoms with Crippen LogP contribution in [0, 0.1) is 17.8 Å². The third-order valence-corrected chi connectivity index (χ3v) is 5.11. The van der Waals surface area contributed by atoms with E-state index in [4.69, 9.17) is 4.74 Å². The number of hydrogen-bond donors (Lipinski definition) is 0. The molecule has 17 heavy (non-hydrogen) atoms. The molecule has 0 bridgehead atoms. The zero-order valence-corrected chi connectivity index (χ0v) is 10.9. The quantitative estimate of drug-likeness (QED) is 0.698. The molecule has 2 saturated carbocycles. The van der Waals surface area contributed by atoms with Gasteiger partial charge in [-0.3, -0.25) is 4.79 Å². The highest BCUT2D eigenvalue weighted by Crippen LogP contribution is 2.56. The van der Waals surface area contributed by atoms with Crippen LogP contribution in [0.3, 0.4) is 0 Å². The fourth-order valence-corrected chi connectivity index (χ4v) is 3.79. The van der Waals surface area contributed by atoms with Crippen LogP contribution in [0.1, 0.15) is 39.5 Å². The van der Waals surface area contributed by atoms with E-state index in [1.54, 1.807) is 0 Å². The van der Waals surface area contributed by atoms with E-state index < -0.39 is 0 Å². The lowest BCUT2D eigenvalue weighted by molar-refractivity contribution is -0.146. The molecule has 2 aliphatic carbocycles. The van der Waals surface area contributed by atoms with Crippen LogP contribution < -0.4 is 0 Å². The second-order valence-electron chi connectivity index (χ2n) is 5.99. The summed E-state index contributed by atoms with van der Waals surface area (Å²) in [4.78, 5) is 14.6. The summed E-state index contributed by atoms with van der Waals surface area (Å²) in [5.41, 5.74) is 0. The average Bonchev–Trinajstić information content (AvgIpc) is 3.06. The topological polar surface area (TPSA) is 29.5 Å². The first kappa shape index (κ1) is 11.5. The Morgan fingerprint density at radius 3 is 2.47 bits per heavy atom. The van der Waals surface area contributed by atoms with Crippen LogP contribution in [0.25, 0.3) is 0 Å². The first-order chi connectivity index (χ1) is 8.20. The monoisotopic (exact) mass is 237 g/mol. The SMILES string of the molecule is CC1OCCN(C(=O)C2C3CCCCC32)C1C. The molecule has 3 aliphatic rings. The van der Waals surface area contributed by atoms with E-state index in [1.807, 2.05) is 0 Å². The van der Waals surface area contributed by atoms with Crippen LogP contribution in [-0.4, -0.2) is 36.1 Å². The lowest BCUT2D eigenvalue weighted by Gasteiger charge is -2.38. The number of carbonyl (C=O) groups is 1. The summed E-state index contributed by atoms with van der Waals surface area (Å²) in [6.45, 7) is 5.69.